The summed E-state index contributed by atoms with van der Waals surface area (Å²) < 4.78 is 17.3. The second kappa shape index (κ2) is 6.11. The van der Waals surface area contributed by atoms with E-state index in [1.54, 1.807) is 29.4 Å². The lowest BCUT2D eigenvalue weighted by Crippen LogP contribution is -2.32. The molecule has 0 aliphatic heterocycles. The third-order valence-corrected chi connectivity index (χ3v) is 5.48. The first-order chi connectivity index (χ1) is 10.1. The molecule has 0 radical (unpaired) electrons. The van der Waals surface area contributed by atoms with Crippen molar-refractivity contribution in [3.05, 3.63) is 29.3 Å². The van der Waals surface area contributed by atoms with E-state index >= 15 is 0 Å². The molecule has 1 saturated carbocycles. The molecular weight excluding hydrogens is 308 g/mol. The molecule has 1 aliphatic rings. The van der Waals surface area contributed by atoms with E-state index in [2.05, 4.69) is 5.16 Å². The van der Waals surface area contributed by atoms with E-state index in [0.29, 0.717) is 17.5 Å². The molecule has 1 amide bonds. The molecule has 112 valence electrons. The third kappa shape index (κ3) is 3.59. The molecule has 0 N–H and O–H groups in total. The van der Waals surface area contributed by atoms with Crippen molar-refractivity contribution in [2.45, 2.75) is 24.6 Å². The standard InChI is InChI=1S/C14H16N2O3S2/c1-16(11-4-5-11)14(17)9-21(18)8-10-7-12(19-15-10)13-3-2-6-20-13/h2-3,6-7,11H,4-5,8-9H2,1H3/t21-/m0/s1. The normalized spacial score (nSPS) is 15.9. The van der Waals surface area contributed by atoms with Gasteiger partial charge in [0.15, 0.2) is 5.76 Å². The van der Waals surface area contributed by atoms with Crippen LogP contribution in [0.15, 0.2) is 28.1 Å². The molecule has 5 nitrogen and oxygen atoms in total. The average Bonchev–Trinajstić information content (AvgIpc) is 2.97. The lowest BCUT2D eigenvalue weighted by atomic mass is 10.3. The maximum atomic E-state index is 12.1. The van der Waals surface area contributed by atoms with Crippen LogP contribution in [-0.4, -0.2) is 39.0 Å². The van der Waals surface area contributed by atoms with Gasteiger partial charge in [0.1, 0.15) is 5.75 Å². The second-order valence-electron chi connectivity index (χ2n) is 5.12. The van der Waals surface area contributed by atoms with Crippen LogP contribution in [-0.2, 0) is 21.3 Å². The zero-order valence-corrected chi connectivity index (χ0v) is 13.3. The molecule has 2 aromatic rings. The quantitative estimate of drug-likeness (QED) is 0.818. The second-order valence-corrected chi connectivity index (χ2v) is 7.53. The highest BCUT2D eigenvalue weighted by Gasteiger charge is 2.30. The maximum Gasteiger partial charge on any atom is 0.235 e. The number of aromatic nitrogens is 1. The number of rotatable bonds is 6. The highest BCUT2D eigenvalue weighted by atomic mass is 32.2. The smallest absolute Gasteiger partial charge is 0.235 e. The first-order valence-corrected chi connectivity index (χ1v) is 9.10. The molecular formula is C14H16N2O3S2. The van der Waals surface area contributed by atoms with Crippen molar-refractivity contribution < 1.29 is 13.5 Å². The van der Waals surface area contributed by atoms with Crippen molar-refractivity contribution in [2.75, 3.05) is 12.8 Å². The molecule has 2 heterocycles. The largest absolute Gasteiger partial charge is 0.355 e. The van der Waals surface area contributed by atoms with Gasteiger partial charge in [-0.15, -0.1) is 11.3 Å². The topological polar surface area (TPSA) is 63.4 Å². The molecule has 0 aromatic carbocycles. The Hall–Kier alpha value is -1.47. The van der Waals surface area contributed by atoms with Crippen molar-refractivity contribution in [3.63, 3.8) is 0 Å². The molecule has 0 spiro atoms. The van der Waals surface area contributed by atoms with Crippen LogP contribution in [0.2, 0.25) is 0 Å². The van der Waals surface area contributed by atoms with Gasteiger partial charge >= 0.3 is 0 Å². The summed E-state index contributed by atoms with van der Waals surface area (Å²) in [6.07, 6.45) is 2.12. The fourth-order valence-corrected chi connectivity index (χ4v) is 3.76. The number of nitrogens with zero attached hydrogens (tertiary/aromatic N) is 2. The molecule has 0 unspecified atom stereocenters. The summed E-state index contributed by atoms with van der Waals surface area (Å²) in [4.78, 5) is 14.6. The summed E-state index contributed by atoms with van der Waals surface area (Å²) in [6, 6.07) is 6.03. The SMILES string of the molecule is CN(C(=O)C[S@@](=O)Cc1cc(-c2cccs2)on1)C1CC1. The Morgan fingerprint density at radius 2 is 2.38 bits per heavy atom. The van der Waals surface area contributed by atoms with Gasteiger partial charge in [-0.05, 0) is 24.3 Å². The molecule has 2 aromatic heterocycles. The van der Waals surface area contributed by atoms with Crippen LogP contribution in [0.4, 0.5) is 0 Å². The summed E-state index contributed by atoms with van der Waals surface area (Å²) in [5.41, 5.74) is 0.624. The van der Waals surface area contributed by atoms with E-state index < -0.39 is 10.8 Å². The molecule has 21 heavy (non-hydrogen) atoms. The Bertz CT molecular complexity index is 647. The fourth-order valence-electron chi connectivity index (χ4n) is 2.04. The van der Waals surface area contributed by atoms with E-state index in [9.17, 15) is 9.00 Å². The van der Waals surface area contributed by atoms with Gasteiger partial charge in [-0.3, -0.25) is 9.00 Å². The lowest BCUT2D eigenvalue weighted by molar-refractivity contribution is -0.127. The number of carbonyl (C=O) groups excluding carboxylic acids is 1. The maximum absolute atomic E-state index is 12.1. The summed E-state index contributed by atoms with van der Waals surface area (Å²) in [5, 5.41) is 5.89. The fraction of sp³-hybridized carbons (Fsp3) is 0.429. The molecule has 0 saturated heterocycles. The van der Waals surface area contributed by atoms with Crippen LogP contribution < -0.4 is 0 Å². The van der Waals surface area contributed by atoms with Gasteiger partial charge in [-0.1, -0.05) is 11.2 Å². The molecule has 7 heteroatoms. The van der Waals surface area contributed by atoms with Crippen molar-refractivity contribution in [1.29, 1.82) is 0 Å². The number of hydrogen-bond acceptors (Lipinski definition) is 5. The van der Waals surface area contributed by atoms with E-state index in [1.165, 1.54) is 0 Å². The molecule has 1 atom stereocenters. The van der Waals surface area contributed by atoms with Gasteiger partial charge in [0.05, 0.1) is 16.3 Å². The Kier molecular flexibility index (Phi) is 4.21. The van der Waals surface area contributed by atoms with Crippen molar-refractivity contribution in [1.82, 2.24) is 10.1 Å². The minimum Gasteiger partial charge on any atom is -0.355 e. The van der Waals surface area contributed by atoms with Gasteiger partial charge in [0.25, 0.3) is 0 Å². The van der Waals surface area contributed by atoms with Crippen LogP contribution in [0.25, 0.3) is 10.6 Å². The zero-order valence-electron chi connectivity index (χ0n) is 11.7. The Morgan fingerprint density at radius 1 is 1.57 bits per heavy atom. The Labute approximate surface area is 129 Å². The Morgan fingerprint density at radius 3 is 3.05 bits per heavy atom. The molecule has 1 aliphatic carbocycles. The van der Waals surface area contributed by atoms with E-state index in [1.807, 2.05) is 17.5 Å². The first-order valence-electron chi connectivity index (χ1n) is 6.73. The number of thiophene rings is 1. The van der Waals surface area contributed by atoms with E-state index in [-0.39, 0.29) is 17.4 Å². The number of hydrogen-bond donors (Lipinski definition) is 0. The summed E-state index contributed by atoms with van der Waals surface area (Å²) in [7, 11) is 0.526. The van der Waals surface area contributed by atoms with E-state index in [0.717, 1.165) is 17.7 Å². The summed E-state index contributed by atoms with van der Waals surface area (Å²) in [5.74, 6) is 0.920. The van der Waals surface area contributed by atoms with Crippen molar-refractivity contribution in [2.24, 2.45) is 0 Å². The summed E-state index contributed by atoms with van der Waals surface area (Å²) >= 11 is 1.56. The van der Waals surface area contributed by atoms with Gasteiger partial charge < -0.3 is 9.42 Å². The van der Waals surface area contributed by atoms with Gasteiger partial charge in [0, 0.05) is 30.0 Å². The van der Waals surface area contributed by atoms with Crippen LogP contribution in [0, 0.1) is 0 Å². The van der Waals surface area contributed by atoms with Crippen LogP contribution >= 0.6 is 11.3 Å². The first kappa shape index (κ1) is 14.5. The predicted molar refractivity (Wildman–Crippen MR) is 82.3 cm³/mol. The summed E-state index contributed by atoms with van der Waals surface area (Å²) in [6.45, 7) is 0. The Balaban J connectivity index is 1.56. The molecule has 1 fully saturated rings. The minimum absolute atomic E-state index is 0.0498. The van der Waals surface area contributed by atoms with Crippen molar-refractivity contribution in [3.8, 4) is 10.6 Å². The highest BCUT2D eigenvalue weighted by molar-refractivity contribution is 7.84. The van der Waals surface area contributed by atoms with E-state index in [4.69, 9.17) is 4.52 Å². The minimum atomic E-state index is -1.25. The van der Waals surface area contributed by atoms with Crippen LogP contribution in [0.1, 0.15) is 18.5 Å². The molecule has 3 rings (SSSR count). The van der Waals surface area contributed by atoms with Gasteiger partial charge in [-0.2, -0.15) is 0 Å². The van der Waals surface area contributed by atoms with Gasteiger partial charge in [0.2, 0.25) is 5.91 Å². The van der Waals surface area contributed by atoms with Gasteiger partial charge in [-0.25, -0.2) is 0 Å². The number of carbonyl (C=O) groups is 1. The van der Waals surface area contributed by atoms with Crippen LogP contribution in [0.3, 0.4) is 0 Å². The zero-order chi connectivity index (χ0) is 14.8. The monoisotopic (exact) mass is 324 g/mol. The lowest BCUT2D eigenvalue weighted by Gasteiger charge is -2.15. The highest BCUT2D eigenvalue weighted by Crippen LogP contribution is 2.26. The predicted octanol–water partition coefficient (Wildman–Crippen LogP) is 2.27. The average molecular weight is 324 g/mol. The van der Waals surface area contributed by atoms with Crippen LogP contribution in [0.5, 0.6) is 0 Å². The third-order valence-electron chi connectivity index (χ3n) is 3.40. The number of amides is 1. The molecule has 0 bridgehead atoms. The van der Waals surface area contributed by atoms with Crippen molar-refractivity contribution >= 4 is 28.0 Å².